The molecule has 142 valence electrons. The van der Waals surface area contributed by atoms with E-state index < -0.39 is 0 Å². The molecule has 25 heavy (non-hydrogen) atoms. The van der Waals surface area contributed by atoms with E-state index in [1.807, 2.05) is 0 Å². The van der Waals surface area contributed by atoms with Crippen molar-refractivity contribution in [3.8, 4) is 0 Å². The van der Waals surface area contributed by atoms with Gasteiger partial charge in [-0.1, -0.05) is 13.8 Å². The molecule has 5 rings (SSSR count). The quantitative estimate of drug-likeness (QED) is 0.802. The van der Waals surface area contributed by atoms with Crippen LogP contribution in [0.15, 0.2) is 0 Å². The highest BCUT2D eigenvalue weighted by Crippen LogP contribution is 2.60. The molecule has 0 spiro atoms. The molecular weight excluding hydrogens is 312 g/mol. The Labute approximate surface area is 153 Å². The number of ether oxygens (including phenoxy) is 1. The maximum atomic E-state index is 13.2. The fourth-order valence-electron chi connectivity index (χ4n) is 6.64. The van der Waals surface area contributed by atoms with Gasteiger partial charge in [0, 0.05) is 31.1 Å². The van der Waals surface area contributed by atoms with Crippen LogP contribution in [-0.2, 0) is 9.53 Å². The lowest BCUT2D eigenvalue weighted by atomic mass is 9.49. The Morgan fingerprint density at radius 2 is 1.64 bits per heavy atom. The molecule has 1 amide bonds. The third-order valence-electron chi connectivity index (χ3n) is 7.32. The maximum Gasteiger partial charge on any atom is 0.226 e. The van der Waals surface area contributed by atoms with Crippen LogP contribution in [0.2, 0.25) is 0 Å². The van der Waals surface area contributed by atoms with Crippen molar-refractivity contribution in [1.82, 2.24) is 10.2 Å². The van der Waals surface area contributed by atoms with E-state index in [0.717, 1.165) is 76.3 Å². The summed E-state index contributed by atoms with van der Waals surface area (Å²) in [4.78, 5) is 15.7. The molecule has 0 aromatic rings. The third-order valence-corrected chi connectivity index (χ3v) is 7.32. The number of hydrogen-bond acceptors (Lipinski definition) is 3. The molecule has 4 heteroatoms. The molecule has 1 unspecified atom stereocenters. The monoisotopic (exact) mass is 348 g/mol. The van der Waals surface area contributed by atoms with E-state index in [0.29, 0.717) is 17.9 Å². The zero-order chi connectivity index (χ0) is 17.4. The lowest BCUT2D eigenvalue weighted by molar-refractivity contribution is -0.146. The molecule has 4 aliphatic carbocycles. The molecule has 0 radical (unpaired) electrons. The van der Waals surface area contributed by atoms with Crippen LogP contribution in [0.25, 0.3) is 0 Å². The molecule has 1 aliphatic heterocycles. The molecule has 5 aliphatic rings. The van der Waals surface area contributed by atoms with Gasteiger partial charge in [-0.05, 0) is 68.6 Å². The van der Waals surface area contributed by atoms with Gasteiger partial charge in [-0.25, -0.2) is 0 Å². The van der Waals surface area contributed by atoms with Crippen LogP contribution in [0, 0.1) is 29.1 Å². The van der Waals surface area contributed by atoms with E-state index >= 15 is 0 Å². The van der Waals surface area contributed by atoms with Gasteiger partial charge in [-0.2, -0.15) is 0 Å². The SMILES string of the molecule is CC(C)CC(CNC(=O)C12CC3CC(CC(C3)C1)C2)N1CCOCC1. The molecule has 4 saturated carbocycles. The average Bonchev–Trinajstić information content (AvgIpc) is 2.57. The summed E-state index contributed by atoms with van der Waals surface area (Å²) in [5.74, 6) is 3.55. The van der Waals surface area contributed by atoms with E-state index in [1.165, 1.54) is 19.3 Å². The van der Waals surface area contributed by atoms with Crippen LogP contribution < -0.4 is 5.32 Å². The van der Waals surface area contributed by atoms with Crippen LogP contribution in [0.3, 0.4) is 0 Å². The largest absolute Gasteiger partial charge is 0.379 e. The lowest BCUT2D eigenvalue weighted by Gasteiger charge is -2.55. The molecule has 4 nitrogen and oxygen atoms in total. The standard InChI is InChI=1S/C21H36N2O2/c1-15(2)7-19(23-3-5-25-6-4-23)14-22-20(24)21-11-16-8-17(12-21)10-18(9-16)13-21/h15-19H,3-14H2,1-2H3,(H,22,24). The first kappa shape index (κ1) is 17.8. The number of carbonyl (C=O) groups is 1. The first-order chi connectivity index (χ1) is 12.0. The van der Waals surface area contributed by atoms with Crippen LogP contribution >= 0.6 is 0 Å². The van der Waals surface area contributed by atoms with Gasteiger partial charge in [0.2, 0.25) is 5.91 Å². The molecule has 1 heterocycles. The minimum atomic E-state index is -0.0118. The van der Waals surface area contributed by atoms with Crippen molar-refractivity contribution in [1.29, 1.82) is 0 Å². The molecule has 5 fully saturated rings. The summed E-state index contributed by atoms with van der Waals surface area (Å²) in [7, 11) is 0. The summed E-state index contributed by atoms with van der Waals surface area (Å²) in [6, 6.07) is 0.460. The minimum absolute atomic E-state index is 0.0118. The first-order valence-corrected chi connectivity index (χ1v) is 10.6. The van der Waals surface area contributed by atoms with Crippen LogP contribution in [0.4, 0.5) is 0 Å². The van der Waals surface area contributed by atoms with E-state index in [-0.39, 0.29) is 5.41 Å². The Hall–Kier alpha value is -0.610. The van der Waals surface area contributed by atoms with Gasteiger partial charge in [0.1, 0.15) is 0 Å². The van der Waals surface area contributed by atoms with E-state index in [1.54, 1.807) is 0 Å². The zero-order valence-corrected chi connectivity index (χ0v) is 16.1. The first-order valence-electron chi connectivity index (χ1n) is 10.6. The van der Waals surface area contributed by atoms with Crippen molar-refractivity contribution in [3.05, 3.63) is 0 Å². The second-order valence-corrected chi connectivity index (χ2v) is 9.84. The van der Waals surface area contributed by atoms with E-state index in [4.69, 9.17) is 4.74 Å². The van der Waals surface area contributed by atoms with Crippen molar-refractivity contribution in [3.63, 3.8) is 0 Å². The second-order valence-electron chi connectivity index (χ2n) is 9.84. The summed E-state index contributed by atoms with van der Waals surface area (Å²) in [6.07, 6.45) is 8.84. The van der Waals surface area contributed by atoms with Gasteiger partial charge in [0.15, 0.2) is 0 Å². The normalized spacial score (nSPS) is 38.9. The summed E-state index contributed by atoms with van der Waals surface area (Å²) in [6.45, 7) is 9.06. The topological polar surface area (TPSA) is 41.6 Å². The van der Waals surface area contributed by atoms with Gasteiger partial charge in [0.05, 0.1) is 13.2 Å². The van der Waals surface area contributed by atoms with Crippen molar-refractivity contribution in [2.24, 2.45) is 29.1 Å². The number of rotatable bonds is 6. The molecule has 1 N–H and O–H groups in total. The molecule has 0 aromatic heterocycles. The highest BCUT2D eigenvalue weighted by Gasteiger charge is 2.54. The Balaban J connectivity index is 1.37. The predicted octanol–water partition coefficient (Wildman–Crippen LogP) is 3.07. The molecule has 4 bridgehead atoms. The van der Waals surface area contributed by atoms with Crippen molar-refractivity contribution < 1.29 is 9.53 Å². The number of hydrogen-bond donors (Lipinski definition) is 1. The Bertz CT molecular complexity index is 449. The second kappa shape index (κ2) is 7.19. The maximum absolute atomic E-state index is 13.2. The fraction of sp³-hybridized carbons (Fsp3) is 0.952. The summed E-state index contributed by atoms with van der Waals surface area (Å²) in [5.41, 5.74) is -0.0118. The number of nitrogens with zero attached hydrogens (tertiary/aromatic N) is 1. The van der Waals surface area contributed by atoms with E-state index in [9.17, 15) is 4.79 Å². The van der Waals surface area contributed by atoms with Crippen molar-refractivity contribution in [2.45, 2.75) is 64.8 Å². The zero-order valence-electron chi connectivity index (χ0n) is 16.1. The Morgan fingerprint density at radius 3 is 2.16 bits per heavy atom. The fourth-order valence-corrected chi connectivity index (χ4v) is 6.64. The lowest BCUT2D eigenvalue weighted by Crippen LogP contribution is -2.56. The van der Waals surface area contributed by atoms with Gasteiger partial charge in [-0.3, -0.25) is 9.69 Å². The molecule has 1 atom stereocenters. The smallest absolute Gasteiger partial charge is 0.226 e. The molecule has 1 saturated heterocycles. The number of carbonyl (C=O) groups excluding carboxylic acids is 1. The van der Waals surface area contributed by atoms with Crippen LogP contribution in [0.5, 0.6) is 0 Å². The minimum Gasteiger partial charge on any atom is -0.379 e. The van der Waals surface area contributed by atoms with Gasteiger partial charge in [-0.15, -0.1) is 0 Å². The van der Waals surface area contributed by atoms with Crippen molar-refractivity contribution in [2.75, 3.05) is 32.8 Å². The highest BCUT2D eigenvalue weighted by molar-refractivity contribution is 5.83. The third kappa shape index (κ3) is 3.75. The summed E-state index contributed by atoms with van der Waals surface area (Å²) >= 11 is 0. The molecular formula is C21H36N2O2. The number of amides is 1. The Morgan fingerprint density at radius 1 is 1.08 bits per heavy atom. The molecule has 0 aromatic carbocycles. The predicted molar refractivity (Wildman–Crippen MR) is 99.2 cm³/mol. The summed E-state index contributed by atoms with van der Waals surface area (Å²) in [5, 5.41) is 3.42. The Kier molecular flexibility index (Phi) is 5.11. The van der Waals surface area contributed by atoms with Crippen molar-refractivity contribution >= 4 is 5.91 Å². The van der Waals surface area contributed by atoms with Gasteiger partial charge < -0.3 is 10.1 Å². The van der Waals surface area contributed by atoms with Gasteiger partial charge in [0.25, 0.3) is 0 Å². The number of nitrogens with one attached hydrogen (secondary N) is 1. The van der Waals surface area contributed by atoms with Crippen LogP contribution in [-0.4, -0.2) is 49.7 Å². The average molecular weight is 349 g/mol. The highest BCUT2D eigenvalue weighted by atomic mass is 16.5. The summed E-state index contributed by atoms with van der Waals surface area (Å²) < 4.78 is 5.52. The van der Waals surface area contributed by atoms with Crippen LogP contribution in [0.1, 0.15) is 58.8 Å². The van der Waals surface area contributed by atoms with Gasteiger partial charge >= 0.3 is 0 Å². The number of morpholine rings is 1. The van der Waals surface area contributed by atoms with E-state index in [2.05, 4.69) is 24.1 Å².